The average molecular weight is 234 g/mol. The van der Waals surface area contributed by atoms with E-state index in [-0.39, 0.29) is 17.4 Å². The van der Waals surface area contributed by atoms with Crippen LogP contribution in [0.1, 0.15) is 16.1 Å². The molecular weight excluding hydrogens is 224 g/mol. The Bertz CT molecular complexity index is 530. The lowest BCUT2D eigenvalue weighted by molar-refractivity contribution is -0.389. The largest absolute Gasteiger partial charge is 0.367 e. The predicted octanol–water partition coefficient (Wildman–Crippen LogP) is 1.18. The van der Waals surface area contributed by atoms with Crippen molar-refractivity contribution >= 4 is 11.7 Å². The Balaban J connectivity index is 1.97. The minimum atomic E-state index is -0.580. The monoisotopic (exact) mass is 234 g/mol. The number of nitrogens with zero attached hydrogens (tertiary/aromatic N) is 1. The molecule has 0 aromatic carbocycles. The van der Waals surface area contributed by atoms with Gasteiger partial charge < -0.3 is 20.4 Å². The van der Waals surface area contributed by atoms with Crippen LogP contribution in [0, 0.1) is 10.1 Å². The molecule has 2 heterocycles. The van der Waals surface area contributed by atoms with E-state index in [1.807, 2.05) is 6.07 Å². The van der Waals surface area contributed by atoms with Gasteiger partial charge in [0.25, 0.3) is 5.91 Å². The first-order valence-corrected chi connectivity index (χ1v) is 4.90. The third kappa shape index (κ3) is 2.51. The third-order valence-electron chi connectivity index (χ3n) is 2.23. The van der Waals surface area contributed by atoms with Gasteiger partial charge in [-0.1, -0.05) is 0 Å². The summed E-state index contributed by atoms with van der Waals surface area (Å²) in [6.07, 6.45) is 3.51. The smallest absolute Gasteiger partial charge is 0.321 e. The van der Waals surface area contributed by atoms with Crippen molar-refractivity contribution in [1.82, 2.24) is 15.3 Å². The van der Waals surface area contributed by atoms with Crippen LogP contribution in [-0.2, 0) is 6.54 Å². The van der Waals surface area contributed by atoms with E-state index in [1.54, 1.807) is 12.4 Å². The molecule has 0 saturated carbocycles. The van der Waals surface area contributed by atoms with Gasteiger partial charge in [0.2, 0.25) is 0 Å². The summed E-state index contributed by atoms with van der Waals surface area (Å²) in [5.41, 5.74) is 1.10. The van der Waals surface area contributed by atoms with Crippen molar-refractivity contribution in [2.24, 2.45) is 0 Å². The molecule has 0 radical (unpaired) electrons. The second kappa shape index (κ2) is 4.52. The number of carbonyl (C=O) groups excluding carboxylic acids is 1. The molecule has 0 saturated heterocycles. The van der Waals surface area contributed by atoms with E-state index in [0.29, 0.717) is 6.54 Å². The number of hydrogen-bond donors (Lipinski definition) is 3. The van der Waals surface area contributed by atoms with Crippen molar-refractivity contribution in [2.75, 3.05) is 0 Å². The van der Waals surface area contributed by atoms with Crippen LogP contribution in [0.4, 0.5) is 5.82 Å². The highest BCUT2D eigenvalue weighted by Gasteiger charge is 2.14. The predicted molar refractivity (Wildman–Crippen MR) is 59.4 cm³/mol. The van der Waals surface area contributed by atoms with Crippen LogP contribution in [0.25, 0.3) is 0 Å². The van der Waals surface area contributed by atoms with E-state index in [1.165, 1.54) is 12.1 Å². The van der Waals surface area contributed by atoms with Gasteiger partial charge in [0.1, 0.15) is 0 Å². The van der Waals surface area contributed by atoms with Crippen LogP contribution < -0.4 is 5.32 Å². The molecule has 88 valence electrons. The van der Waals surface area contributed by atoms with Crippen LogP contribution in [0.3, 0.4) is 0 Å². The molecule has 0 atom stereocenters. The Morgan fingerprint density at radius 3 is 2.82 bits per heavy atom. The summed E-state index contributed by atoms with van der Waals surface area (Å²) in [6, 6.07) is 4.47. The first kappa shape index (κ1) is 10.9. The fourth-order valence-corrected chi connectivity index (χ4v) is 1.37. The quantitative estimate of drug-likeness (QED) is 0.546. The Labute approximate surface area is 96.0 Å². The number of aromatic amines is 2. The number of hydrogen-bond acceptors (Lipinski definition) is 3. The van der Waals surface area contributed by atoms with Gasteiger partial charge in [-0.2, -0.15) is 0 Å². The van der Waals surface area contributed by atoms with Crippen LogP contribution in [0.15, 0.2) is 30.6 Å². The topological polar surface area (TPSA) is 104 Å². The summed E-state index contributed by atoms with van der Waals surface area (Å²) in [4.78, 5) is 26.7. The van der Waals surface area contributed by atoms with Crippen LogP contribution in [0.2, 0.25) is 0 Å². The fraction of sp³-hybridized carbons (Fsp3) is 0.100. The van der Waals surface area contributed by atoms with Crippen molar-refractivity contribution in [3.8, 4) is 0 Å². The van der Waals surface area contributed by atoms with Crippen molar-refractivity contribution in [3.63, 3.8) is 0 Å². The van der Waals surface area contributed by atoms with E-state index in [9.17, 15) is 14.9 Å². The normalized spacial score (nSPS) is 10.1. The van der Waals surface area contributed by atoms with Gasteiger partial charge in [0.15, 0.2) is 5.69 Å². The van der Waals surface area contributed by atoms with Gasteiger partial charge >= 0.3 is 5.82 Å². The molecule has 3 N–H and O–H groups in total. The first-order valence-electron chi connectivity index (χ1n) is 4.90. The molecule has 7 heteroatoms. The summed E-state index contributed by atoms with van der Waals surface area (Å²) in [5.74, 6) is -0.573. The van der Waals surface area contributed by atoms with E-state index in [2.05, 4.69) is 15.3 Å². The molecule has 17 heavy (non-hydrogen) atoms. The van der Waals surface area contributed by atoms with Gasteiger partial charge in [-0.25, -0.2) is 4.98 Å². The standard InChI is InChI=1S/C10H10N4O3/c15-10(12-6-7-3-4-11-5-7)8-1-2-9(13-8)14(16)17/h1-5,11,13H,6H2,(H,12,15). The van der Waals surface area contributed by atoms with Crippen molar-refractivity contribution in [2.45, 2.75) is 6.54 Å². The Hall–Kier alpha value is -2.57. The van der Waals surface area contributed by atoms with Gasteiger partial charge in [0.05, 0.1) is 0 Å². The zero-order chi connectivity index (χ0) is 12.3. The van der Waals surface area contributed by atoms with Crippen LogP contribution in [0.5, 0.6) is 0 Å². The molecule has 0 fully saturated rings. The van der Waals surface area contributed by atoms with Gasteiger partial charge in [-0.3, -0.25) is 4.79 Å². The summed E-state index contributed by atoms with van der Waals surface area (Å²) >= 11 is 0. The maximum atomic E-state index is 11.6. The third-order valence-corrected chi connectivity index (χ3v) is 2.23. The average Bonchev–Trinajstić information content (AvgIpc) is 2.96. The maximum Gasteiger partial charge on any atom is 0.321 e. The highest BCUT2D eigenvalue weighted by atomic mass is 16.6. The van der Waals surface area contributed by atoms with E-state index in [0.717, 1.165) is 5.56 Å². The van der Waals surface area contributed by atoms with Gasteiger partial charge in [-0.15, -0.1) is 0 Å². The molecule has 0 unspecified atom stereocenters. The Morgan fingerprint density at radius 2 is 2.24 bits per heavy atom. The highest BCUT2D eigenvalue weighted by Crippen LogP contribution is 2.09. The second-order valence-corrected chi connectivity index (χ2v) is 3.42. The number of carbonyl (C=O) groups is 1. The van der Waals surface area contributed by atoms with E-state index >= 15 is 0 Å². The van der Waals surface area contributed by atoms with Crippen LogP contribution in [-0.4, -0.2) is 20.8 Å². The number of H-pyrrole nitrogens is 2. The fourth-order valence-electron chi connectivity index (χ4n) is 1.37. The number of rotatable bonds is 4. The van der Waals surface area contributed by atoms with Crippen molar-refractivity contribution in [3.05, 3.63) is 52.0 Å². The molecule has 0 aliphatic carbocycles. The highest BCUT2D eigenvalue weighted by molar-refractivity contribution is 5.92. The maximum absolute atomic E-state index is 11.6. The van der Waals surface area contributed by atoms with Gasteiger partial charge in [0, 0.05) is 25.0 Å². The van der Waals surface area contributed by atoms with Gasteiger partial charge in [-0.05, 0) is 22.6 Å². The lowest BCUT2D eigenvalue weighted by atomic mass is 10.3. The molecule has 0 bridgehead atoms. The lowest BCUT2D eigenvalue weighted by Crippen LogP contribution is -2.22. The van der Waals surface area contributed by atoms with Crippen molar-refractivity contribution in [1.29, 1.82) is 0 Å². The SMILES string of the molecule is O=C(NCc1cc[nH]c1)c1ccc([N+](=O)[O-])[nH]1. The number of nitrogens with one attached hydrogen (secondary N) is 3. The Morgan fingerprint density at radius 1 is 1.41 bits per heavy atom. The summed E-state index contributed by atoms with van der Waals surface area (Å²) in [7, 11) is 0. The van der Waals surface area contributed by atoms with E-state index < -0.39 is 4.92 Å². The first-order chi connectivity index (χ1) is 8.16. The number of aromatic nitrogens is 2. The lowest BCUT2D eigenvalue weighted by Gasteiger charge is -1.99. The summed E-state index contributed by atoms with van der Waals surface area (Å²) < 4.78 is 0. The minimum absolute atomic E-state index is 0.173. The zero-order valence-electron chi connectivity index (χ0n) is 8.77. The molecule has 0 aliphatic heterocycles. The minimum Gasteiger partial charge on any atom is -0.367 e. The molecule has 2 aromatic heterocycles. The molecular formula is C10H10N4O3. The molecule has 0 spiro atoms. The van der Waals surface area contributed by atoms with E-state index in [4.69, 9.17) is 0 Å². The van der Waals surface area contributed by atoms with Crippen molar-refractivity contribution < 1.29 is 9.72 Å². The summed E-state index contributed by atoms with van der Waals surface area (Å²) in [6.45, 7) is 0.370. The summed E-state index contributed by atoms with van der Waals surface area (Å²) in [5, 5.41) is 13.1. The molecule has 2 aromatic rings. The van der Waals surface area contributed by atoms with Crippen LogP contribution >= 0.6 is 0 Å². The number of amides is 1. The zero-order valence-corrected chi connectivity index (χ0v) is 8.77. The Kier molecular flexibility index (Phi) is 2.91. The molecule has 1 amide bonds. The molecule has 2 rings (SSSR count). The number of nitro groups is 1. The molecule has 7 nitrogen and oxygen atoms in total. The molecule has 0 aliphatic rings. The second-order valence-electron chi connectivity index (χ2n) is 3.42.